The number of benzene rings is 1. The maximum absolute atomic E-state index is 12.6. The molecule has 0 spiro atoms. The zero-order valence-electron chi connectivity index (χ0n) is 9.15. The summed E-state index contributed by atoms with van der Waals surface area (Å²) in [6.45, 7) is 0. The second-order valence-electron chi connectivity index (χ2n) is 3.62. The van der Waals surface area contributed by atoms with E-state index in [-0.39, 0.29) is 5.69 Å². The van der Waals surface area contributed by atoms with Crippen LogP contribution in [0.2, 0.25) is 5.02 Å². The van der Waals surface area contributed by atoms with E-state index in [1.54, 1.807) is 0 Å². The predicted octanol–water partition coefficient (Wildman–Crippen LogP) is 3.24. The summed E-state index contributed by atoms with van der Waals surface area (Å²) < 4.78 is 38.8. The lowest BCUT2D eigenvalue weighted by atomic mass is 10.2. The minimum absolute atomic E-state index is 0.280. The number of rotatable bonds is 2. The van der Waals surface area contributed by atoms with Crippen LogP contribution in [0.3, 0.4) is 0 Å². The number of hydrogen-bond acceptors (Lipinski definition) is 2. The van der Waals surface area contributed by atoms with Gasteiger partial charge in [0.15, 0.2) is 5.69 Å². The molecule has 19 heavy (non-hydrogen) atoms. The van der Waals surface area contributed by atoms with E-state index >= 15 is 0 Å². The minimum atomic E-state index is -4.83. The summed E-state index contributed by atoms with van der Waals surface area (Å²) in [5.41, 5.74) is -2.06. The molecule has 0 fully saturated rings. The van der Waals surface area contributed by atoms with Crippen LogP contribution < -0.4 is 0 Å². The molecule has 0 unspecified atom stereocenters. The first-order valence-corrected chi connectivity index (χ1v) is 5.33. The summed E-state index contributed by atoms with van der Waals surface area (Å²) in [6.07, 6.45) is -4.01. The Balaban J connectivity index is 2.55. The second kappa shape index (κ2) is 4.58. The van der Waals surface area contributed by atoms with Gasteiger partial charge < -0.3 is 5.11 Å². The van der Waals surface area contributed by atoms with Gasteiger partial charge in [-0.05, 0) is 24.3 Å². The fourth-order valence-electron chi connectivity index (χ4n) is 1.47. The third kappa shape index (κ3) is 2.70. The van der Waals surface area contributed by atoms with E-state index in [9.17, 15) is 18.0 Å². The van der Waals surface area contributed by atoms with Gasteiger partial charge in [-0.1, -0.05) is 11.6 Å². The van der Waals surface area contributed by atoms with Crippen molar-refractivity contribution in [3.63, 3.8) is 0 Å². The molecule has 0 saturated carbocycles. The van der Waals surface area contributed by atoms with Gasteiger partial charge in [0, 0.05) is 11.2 Å². The molecule has 2 aromatic rings. The van der Waals surface area contributed by atoms with Crippen molar-refractivity contribution >= 4 is 17.6 Å². The lowest BCUT2D eigenvalue weighted by Gasteiger charge is -2.03. The van der Waals surface area contributed by atoms with Crippen molar-refractivity contribution in [2.45, 2.75) is 6.18 Å². The Labute approximate surface area is 110 Å². The van der Waals surface area contributed by atoms with Crippen LogP contribution in [0.25, 0.3) is 5.69 Å². The van der Waals surface area contributed by atoms with Crippen molar-refractivity contribution in [1.29, 1.82) is 0 Å². The standard InChI is InChI=1S/C11H6ClF3N2O2/c12-6-1-3-7(4-2-6)17-5-8(10(18)19)9(16-17)11(13,14)15/h1-5H,(H,18,19). The maximum Gasteiger partial charge on any atom is 0.436 e. The lowest BCUT2D eigenvalue weighted by molar-refractivity contribution is -0.141. The van der Waals surface area contributed by atoms with Crippen LogP contribution in [0, 0.1) is 0 Å². The number of halogens is 4. The van der Waals surface area contributed by atoms with Crippen molar-refractivity contribution in [3.05, 3.63) is 46.7 Å². The molecule has 0 saturated heterocycles. The summed E-state index contributed by atoms with van der Waals surface area (Å²) in [5, 5.41) is 12.4. The van der Waals surface area contributed by atoms with Crippen LogP contribution in [-0.2, 0) is 6.18 Å². The van der Waals surface area contributed by atoms with Crippen LogP contribution in [0.1, 0.15) is 16.1 Å². The Bertz CT molecular complexity index is 620. The van der Waals surface area contributed by atoms with Crippen LogP contribution >= 0.6 is 11.6 Å². The first kappa shape index (κ1) is 13.4. The lowest BCUT2D eigenvalue weighted by Crippen LogP contribution is -2.12. The first-order chi connectivity index (χ1) is 8.79. The van der Waals surface area contributed by atoms with Crippen LogP contribution in [-0.4, -0.2) is 20.9 Å². The normalized spacial score (nSPS) is 11.6. The van der Waals surface area contributed by atoms with Gasteiger partial charge in [-0.2, -0.15) is 18.3 Å². The molecule has 1 N–H and O–H groups in total. The molecule has 0 atom stereocenters. The minimum Gasteiger partial charge on any atom is -0.478 e. The van der Waals surface area contributed by atoms with Gasteiger partial charge in [0.05, 0.1) is 5.69 Å². The van der Waals surface area contributed by atoms with Crippen LogP contribution in [0.4, 0.5) is 13.2 Å². The van der Waals surface area contributed by atoms with Gasteiger partial charge in [-0.25, -0.2) is 9.48 Å². The molecular weight excluding hydrogens is 285 g/mol. The number of carbonyl (C=O) groups is 1. The quantitative estimate of drug-likeness (QED) is 0.924. The Hall–Kier alpha value is -2.02. The molecule has 4 nitrogen and oxygen atoms in total. The van der Waals surface area contributed by atoms with E-state index in [0.29, 0.717) is 5.02 Å². The molecule has 1 heterocycles. The summed E-state index contributed by atoms with van der Waals surface area (Å²) in [4.78, 5) is 10.8. The van der Waals surface area contributed by atoms with E-state index in [1.807, 2.05) is 0 Å². The molecule has 1 aromatic carbocycles. The van der Waals surface area contributed by atoms with Crippen molar-refractivity contribution in [2.75, 3.05) is 0 Å². The monoisotopic (exact) mass is 290 g/mol. The van der Waals surface area contributed by atoms with Gasteiger partial charge >= 0.3 is 12.1 Å². The van der Waals surface area contributed by atoms with Crippen molar-refractivity contribution in [3.8, 4) is 5.69 Å². The fraction of sp³-hybridized carbons (Fsp3) is 0.0909. The topological polar surface area (TPSA) is 55.1 Å². The number of aromatic carboxylic acids is 1. The van der Waals surface area contributed by atoms with Crippen LogP contribution in [0.15, 0.2) is 30.5 Å². The SMILES string of the molecule is O=C(O)c1cn(-c2ccc(Cl)cc2)nc1C(F)(F)F. The average Bonchev–Trinajstić information content (AvgIpc) is 2.74. The molecular formula is C11H6ClF3N2O2. The number of alkyl halides is 3. The zero-order valence-corrected chi connectivity index (χ0v) is 9.90. The first-order valence-electron chi connectivity index (χ1n) is 4.95. The molecule has 0 aliphatic heterocycles. The third-order valence-corrected chi connectivity index (χ3v) is 2.56. The fourth-order valence-corrected chi connectivity index (χ4v) is 1.59. The third-order valence-electron chi connectivity index (χ3n) is 2.30. The smallest absolute Gasteiger partial charge is 0.436 e. The Morgan fingerprint density at radius 1 is 1.26 bits per heavy atom. The summed E-state index contributed by atoms with van der Waals surface area (Å²) in [7, 11) is 0. The van der Waals surface area contributed by atoms with E-state index in [1.165, 1.54) is 24.3 Å². The molecule has 1 aromatic heterocycles. The summed E-state index contributed by atoms with van der Waals surface area (Å²) in [6, 6.07) is 5.79. The average molecular weight is 291 g/mol. The zero-order chi connectivity index (χ0) is 14.2. The molecule has 100 valence electrons. The van der Waals surface area contributed by atoms with Crippen molar-refractivity contribution in [2.24, 2.45) is 0 Å². The van der Waals surface area contributed by atoms with Gasteiger partial charge in [-0.3, -0.25) is 0 Å². The maximum atomic E-state index is 12.6. The van der Waals surface area contributed by atoms with Crippen molar-refractivity contribution < 1.29 is 23.1 Å². The van der Waals surface area contributed by atoms with E-state index in [0.717, 1.165) is 10.9 Å². The summed E-state index contributed by atoms with van der Waals surface area (Å²) in [5.74, 6) is -1.69. The van der Waals surface area contributed by atoms with E-state index in [4.69, 9.17) is 16.7 Å². The number of carboxylic acids is 1. The number of hydrogen-bond donors (Lipinski definition) is 1. The largest absolute Gasteiger partial charge is 0.478 e. The molecule has 0 aliphatic rings. The van der Waals surface area contributed by atoms with Gasteiger partial charge in [-0.15, -0.1) is 0 Å². The van der Waals surface area contributed by atoms with Gasteiger partial charge in [0.2, 0.25) is 0 Å². The molecule has 0 aliphatic carbocycles. The number of nitrogens with zero attached hydrogens (tertiary/aromatic N) is 2. The highest BCUT2D eigenvalue weighted by molar-refractivity contribution is 6.30. The highest BCUT2D eigenvalue weighted by Crippen LogP contribution is 2.31. The van der Waals surface area contributed by atoms with E-state index in [2.05, 4.69) is 5.10 Å². The number of aromatic nitrogens is 2. The Morgan fingerprint density at radius 2 is 1.84 bits per heavy atom. The highest BCUT2D eigenvalue weighted by Gasteiger charge is 2.39. The Morgan fingerprint density at radius 3 is 2.26 bits per heavy atom. The molecule has 0 amide bonds. The summed E-state index contributed by atoms with van der Waals surface area (Å²) >= 11 is 5.65. The van der Waals surface area contributed by atoms with E-state index < -0.39 is 23.4 Å². The van der Waals surface area contributed by atoms with Crippen LogP contribution in [0.5, 0.6) is 0 Å². The molecule has 0 bridgehead atoms. The predicted molar refractivity (Wildman–Crippen MR) is 60.5 cm³/mol. The molecule has 2 rings (SSSR count). The molecule has 0 radical (unpaired) electrons. The Kier molecular flexibility index (Phi) is 3.23. The van der Waals surface area contributed by atoms with Gasteiger partial charge in [0.25, 0.3) is 0 Å². The number of carboxylic acid groups (broad SMARTS) is 1. The van der Waals surface area contributed by atoms with Gasteiger partial charge in [0.1, 0.15) is 5.56 Å². The molecule has 8 heteroatoms. The highest BCUT2D eigenvalue weighted by atomic mass is 35.5. The second-order valence-corrected chi connectivity index (χ2v) is 4.05. The van der Waals surface area contributed by atoms with Crippen molar-refractivity contribution in [1.82, 2.24) is 9.78 Å².